The van der Waals surface area contributed by atoms with Crippen LogP contribution < -0.4 is 15.9 Å². The number of nitrogens with zero attached hydrogens (tertiary/aromatic N) is 1. The molecule has 7 aromatic rings. The molecule has 2 nitrogen and oxygen atoms in total. The van der Waals surface area contributed by atoms with Gasteiger partial charge in [-0.3, -0.25) is 4.98 Å². The topological polar surface area (TPSA) is 30.0 Å². The summed E-state index contributed by atoms with van der Waals surface area (Å²) in [7, 11) is -2.83. The Morgan fingerprint density at radius 3 is 1.88 bits per heavy atom. The Balaban J connectivity index is 0.000000197. The van der Waals surface area contributed by atoms with Crippen LogP contribution in [0.3, 0.4) is 0 Å². The molecule has 1 radical (unpaired) electrons. The molecule has 0 saturated heterocycles. The van der Waals surface area contributed by atoms with Crippen molar-refractivity contribution in [1.29, 1.82) is 0 Å². The second kappa shape index (κ2) is 16.3. The van der Waals surface area contributed by atoms with Crippen LogP contribution in [0.15, 0.2) is 152 Å². The fourth-order valence-corrected chi connectivity index (χ4v) is 8.84. The monoisotopic (exact) mass is 834 g/mol. The van der Waals surface area contributed by atoms with Crippen molar-refractivity contribution in [2.75, 3.05) is 0 Å². The molecule has 4 heteroatoms. The summed E-state index contributed by atoms with van der Waals surface area (Å²) in [6.45, 7) is 8.77. The first-order valence-corrected chi connectivity index (χ1v) is 18.2. The van der Waals surface area contributed by atoms with Gasteiger partial charge in [-0.05, 0) is 40.8 Å². The molecule has 247 valence electrons. The van der Waals surface area contributed by atoms with Crippen molar-refractivity contribution in [3.63, 3.8) is 0 Å². The Kier molecular flexibility index (Phi) is 12.0. The van der Waals surface area contributed by atoms with Gasteiger partial charge in [0.05, 0.1) is 5.52 Å². The van der Waals surface area contributed by atoms with Crippen LogP contribution in [0.4, 0.5) is 0 Å². The molecule has 0 atom stereocenters. The first-order chi connectivity index (χ1) is 23.3. The Morgan fingerprint density at radius 1 is 0.694 bits per heavy atom. The van der Waals surface area contributed by atoms with E-state index in [1.54, 1.807) is 0 Å². The molecule has 7 rings (SSSR count). The maximum absolute atomic E-state index is 13.8. The van der Waals surface area contributed by atoms with Crippen molar-refractivity contribution in [3.8, 4) is 22.4 Å². The van der Waals surface area contributed by atoms with Gasteiger partial charge in [0.1, 0.15) is 7.14 Å². The first-order valence-electron chi connectivity index (χ1n) is 16.5. The Bertz CT molecular complexity index is 2040. The normalized spacial score (nSPS) is 11.0. The largest absolute Gasteiger partial charge is 0.311 e. The molecule has 0 saturated carbocycles. The van der Waals surface area contributed by atoms with Gasteiger partial charge >= 0.3 is 0 Å². The zero-order valence-electron chi connectivity index (χ0n) is 28.4. The van der Waals surface area contributed by atoms with Crippen molar-refractivity contribution in [2.24, 2.45) is 5.92 Å². The van der Waals surface area contributed by atoms with E-state index in [0.29, 0.717) is 5.92 Å². The van der Waals surface area contributed by atoms with E-state index in [1.165, 1.54) is 27.6 Å². The van der Waals surface area contributed by atoms with E-state index in [-0.39, 0.29) is 20.1 Å². The van der Waals surface area contributed by atoms with Gasteiger partial charge in [0.15, 0.2) is 0 Å². The summed E-state index contributed by atoms with van der Waals surface area (Å²) in [5.74, 6) is 0.584. The molecule has 0 N–H and O–H groups in total. The van der Waals surface area contributed by atoms with Gasteiger partial charge in [0, 0.05) is 36.1 Å². The predicted octanol–water partition coefficient (Wildman–Crippen LogP) is 10.3. The molecule has 0 aliphatic carbocycles. The molecule has 0 fully saturated rings. The number of pyridine rings is 1. The predicted molar refractivity (Wildman–Crippen MR) is 204 cm³/mol. The minimum atomic E-state index is -2.83. The fraction of sp³-hybridized carbons (Fsp3) is 0.133. The number of hydrogen-bond acceptors (Lipinski definition) is 2. The first kappa shape index (κ1) is 35.9. The van der Waals surface area contributed by atoms with E-state index in [9.17, 15) is 4.57 Å². The quantitative estimate of drug-likeness (QED) is 0.118. The summed E-state index contributed by atoms with van der Waals surface area (Å²) < 4.78 is 13.8. The molecular weight excluding hydrogens is 794 g/mol. The van der Waals surface area contributed by atoms with Gasteiger partial charge in [0.25, 0.3) is 0 Å². The Labute approximate surface area is 305 Å². The summed E-state index contributed by atoms with van der Waals surface area (Å²) in [5, 5.41) is 3.68. The van der Waals surface area contributed by atoms with Gasteiger partial charge in [-0.2, -0.15) is 30.3 Å². The van der Waals surface area contributed by atoms with Crippen molar-refractivity contribution < 1.29 is 24.7 Å². The van der Waals surface area contributed by atoms with E-state index in [0.717, 1.165) is 44.7 Å². The third kappa shape index (κ3) is 8.26. The van der Waals surface area contributed by atoms with Crippen LogP contribution in [0.25, 0.3) is 33.3 Å². The van der Waals surface area contributed by atoms with E-state index >= 15 is 0 Å². The number of aryl methyl sites for hydroxylation is 2. The van der Waals surface area contributed by atoms with Gasteiger partial charge < -0.3 is 4.57 Å². The smallest absolute Gasteiger partial charge is 0.147 e. The number of benzene rings is 6. The number of aromatic nitrogens is 1. The number of hydrogen-bond donors (Lipinski definition) is 0. The van der Waals surface area contributed by atoms with Crippen molar-refractivity contribution in [3.05, 3.63) is 180 Å². The Morgan fingerprint density at radius 2 is 1.31 bits per heavy atom. The minimum absolute atomic E-state index is 0. The van der Waals surface area contributed by atoms with Crippen LogP contribution in [-0.4, -0.2) is 4.98 Å². The van der Waals surface area contributed by atoms with Crippen LogP contribution in [0.2, 0.25) is 0 Å². The summed E-state index contributed by atoms with van der Waals surface area (Å²) in [6, 6.07) is 57.1. The van der Waals surface area contributed by atoms with E-state index in [1.807, 2.05) is 84.9 Å². The molecule has 1 heterocycles. The molecular formula is C45H40IrNOP-2. The molecule has 0 aliphatic heterocycles. The van der Waals surface area contributed by atoms with Crippen molar-refractivity contribution in [1.82, 2.24) is 4.98 Å². The zero-order valence-corrected chi connectivity index (χ0v) is 31.6. The average molecular weight is 834 g/mol. The SMILES string of the molecule is Cc1[c-]c(-c2ccc3c(CC(C)C)c(-c4ccccc4)ccc3n2)cc(C)c1.O=P(c1[c-]cccc1)(c1ccccc1)c1ccccc1.[Ir]. The molecule has 6 aromatic carbocycles. The third-order valence-electron chi connectivity index (χ3n) is 8.38. The summed E-state index contributed by atoms with van der Waals surface area (Å²) >= 11 is 0. The number of rotatable bonds is 7. The van der Waals surface area contributed by atoms with Crippen LogP contribution >= 0.6 is 7.14 Å². The molecule has 0 bridgehead atoms. The minimum Gasteiger partial charge on any atom is -0.311 e. The number of fused-ring (bicyclic) bond motifs is 1. The average Bonchev–Trinajstić information content (AvgIpc) is 3.12. The molecule has 49 heavy (non-hydrogen) atoms. The standard InChI is InChI=1S/C27H26N.C18H14OP.Ir/c1-18(2)14-25-23(21-8-6-5-7-9-21)10-13-27-24(25)11-12-26(28-27)22-16-19(3)15-20(4)17-22;19-20(16-10-4-1-5-11-16,17-12-6-2-7-13-17)18-14-8-3-9-15-18;/h5-13,15-16,18H,14H2,1-4H3;1-14H;/q2*-1;. The van der Waals surface area contributed by atoms with Crippen LogP contribution in [0.1, 0.15) is 30.5 Å². The van der Waals surface area contributed by atoms with Crippen molar-refractivity contribution >= 4 is 34.0 Å². The molecule has 0 amide bonds. The Hall–Kier alpha value is -4.39. The summed E-state index contributed by atoms with van der Waals surface area (Å²) in [5.41, 5.74) is 9.48. The molecule has 0 unspecified atom stereocenters. The van der Waals surface area contributed by atoms with E-state index < -0.39 is 7.14 Å². The van der Waals surface area contributed by atoms with Crippen molar-refractivity contribution in [2.45, 2.75) is 34.1 Å². The zero-order chi connectivity index (χ0) is 33.5. The van der Waals surface area contributed by atoms with Gasteiger partial charge in [-0.1, -0.05) is 142 Å². The van der Waals surface area contributed by atoms with Crippen LogP contribution in [0.5, 0.6) is 0 Å². The van der Waals surface area contributed by atoms with Crippen LogP contribution in [-0.2, 0) is 31.1 Å². The molecule has 0 aliphatic rings. The summed E-state index contributed by atoms with van der Waals surface area (Å²) in [4.78, 5) is 5.00. The van der Waals surface area contributed by atoms with Crippen LogP contribution in [0, 0.1) is 31.9 Å². The molecule has 0 spiro atoms. The maximum atomic E-state index is 13.8. The third-order valence-corrected chi connectivity index (χ3v) is 11.4. The fourth-order valence-electron chi connectivity index (χ4n) is 6.25. The van der Waals surface area contributed by atoms with E-state index in [2.05, 4.69) is 107 Å². The van der Waals surface area contributed by atoms with Gasteiger partial charge in [-0.25, -0.2) is 0 Å². The maximum Gasteiger partial charge on any atom is 0.147 e. The second-order valence-corrected chi connectivity index (χ2v) is 15.3. The second-order valence-electron chi connectivity index (χ2n) is 12.6. The van der Waals surface area contributed by atoms with Gasteiger partial charge in [0.2, 0.25) is 0 Å². The van der Waals surface area contributed by atoms with Gasteiger partial charge in [-0.15, -0.1) is 34.9 Å². The molecule has 1 aromatic heterocycles. The van der Waals surface area contributed by atoms with E-state index in [4.69, 9.17) is 4.98 Å². The summed E-state index contributed by atoms with van der Waals surface area (Å²) in [6.07, 6.45) is 1.04.